The van der Waals surface area contributed by atoms with E-state index in [4.69, 9.17) is 14.8 Å². The number of hydrogen-bond acceptors (Lipinski definition) is 7. The molecule has 1 aliphatic carbocycles. The molecule has 2 fully saturated rings. The van der Waals surface area contributed by atoms with E-state index in [-0.39, 0.29) is 12.0 Å². The van der Waals surface area contributed by atoms with Gasteiger partial charge in [0.1, 0.15) is 11.7 Å². The van der Waals surface area contributed by atoms with Crippen LogP contribution in [0, 0.1) is 40.4 Å². The number of carbonyl (C=O) groups is 3. The summed E-state index contributed by atoms with van der Waals surface area (Å²) in [6.07, 6.45) is -0.593. The van der Waals surface area contributed by atoms with E-state index in [0.717, 1.165) is 35.8 Å². The van der Waals surface area contributed by atoms with Crippen molar-refractivity contribution in [2.75, 3.05) is 20.2 Å². The third-order valence-corrected chi connectivity index (χ3v) is 7.33. The van der Waals surface area contributed by atoms with Crippen molar-refractivity contribution in [2.45, 2.75) is 52.4 Å². The molecular weight excluding hydrogens is 543 g/mol. The number of halogens is 3. The van der Waals surface area contributed by atoms with E-state index in [1.807, 2.05) is 17.9 Å². The average Bonchev–Trinajstić information content (AvgIpc) is 3.26. The second kappa shape index (κ2) is 13.5. The lowest BCUT2D eigenvalue weighted by atomic mass is 10.0. The summed E-state index contributed by atoms with van der Waals surface area (Å²) < 4.78 is 38.9. The number of nitrogens with two attached hydrogens (primary N) is 1. The predicted molar refractivity (Wildman–Crippen MR) is 142 cm³/mol. The second-order valence-electron chi connectivity index (χ2n) is 10.3. The Bertz CT molecular complexity index is 1360. The van der Waals surface area contributed by atoms with Gasteiger partial charge in [0, 0.05) is 44.4 Å². The molecule has 0 bridgehead atoms. The molecule has 2 aromatic rings. The first-order valence-corrected chi connectivity index (χ1v) is 12.6. The number of ether oxygens (including phenoxy) is 1. The van der Waals surface area contributed by atoms with Crippen molar-refractivity contribution in [3.63, 3.8) is 0 Å². The smallest absolute Gasteiger partial charge is 0.381 e. The molecule has 222 valence electrons. The van der Waals surface area contributed by atoms with Crippen LogP contribution in [0.1, 0.15) is 51.4 Å². The summed E-state index contributed by atoms with van der Waals surface area (Å²) in [7, 11) is 3.44. The lowest BCUT2D eigenvalue weighted by Gasteiger charge is -2.23. The number of pyridine rings is 1. The van der Waals surface area contributed by atoms with Crippen LogP contribution < -0.4 is 11.1 Å². The molecule has 4 rings (SSSR count). The minimum atomic E-state index is -4.86. The minimum Gasteiger partial charge on any atom is -0.381 e. The monoisotopic (exact) mass is 577 g/mol. The Labute approximate surface area is 236 Å². The van der Waals surface area contributed by atoms with Gasteiger partial charge in [0.15, 0.2) is 0 Å². The zero-order valence-corrected chi connectivity index (χ0v) is 23.7. The molecular formula is C27H34F3N7O4. The number of nitrogens with one attached hydrogen (secondary N) is 1. The predicted octanol–water partition coefficient (Wildman–Crippen LogP) is 2.21. The van der Waals surface area contributed by atoms with Crippen LogP contribution in [0.2, 0.25) is 0 Å². The van der Waals surface area contributed by atoms with Crippen molar-refractivity contribution in [3.8, 4) is 17.9 Å². The number of piperidine rings is 1. The summed E-state index contributed by atoms with van der Waals surface area (Å²) in [6, 6.07) is 1.25. The lowest BCUT2D eigenvalue weighted by Crippen LogP contribution is -2.34. The second-order valence-corrected chi connectivity index (χ2v) is 10.3. The quantitative estimate of drug-likeness (QED) is 0.394. The molecule has 14 heteroatoms. The molecule has 4 atom stereocenters. The van der Waals surface area contributed by atoms with Crippen LogP contribution in [-0.2, 0) is 26.2 Å². The van der Waals surface area contributed by atoms with Gasteiger partial charge in [0.2, 0.25) is 12.3 Å². The van der Waals surface area contributed by atoms with Crippen LogP contribution in [0.4, 0.5) is 13.2 Å². The number of primary amides is 1. The molecule has 11 nitrogen and oxygen atoms in total. The zero-order valence-electron chi connectivity index (χ0n) is 23.7. The maximum absolute atomic E-state index is 11.8. The van der Waals surface area contributed by atoms with Gasteiger partial charge in [-0.15, -0.1) is 0 Å². The fourth-order valence-corrected chi connectivity index (χ4v) is 4.71. The van der Waals surface area contributed by atoms with Crippen molar-refractivity contribution in [2.24, 2.45) is 30.0 Å². The number of methoxy groups -OCH3 is 1. The van der Waals surface area contributed by atoms with Gasteiger partial charge in [0.05, 0.1) is 30.3 Å². The maximum Gasteiger partial charge on any atom is 0.470 e. The Morgan fingerprint density at radius 1 is 1.32 bits per heavy atom. The van der Waals surface area contributed by atoms with E-state index in [1.165, 1.54) is 0 Å². The Morgan fingerprint density at radius 3 is 2.37 bits per heavy atom. The van der Waals surface area contributed by atoms with E-state index in [2.05, 4.69) is 46.8 Å². The number of carbonyl (C=O) groups excluding carboxylic acids is 3. The van der Waals surface area contributed by atoms with Crippen molar-refractivity contribution in [3.05, 3.63) is 23.7 Å². The summed E-state index contributed by atoms with van der Waals surface area (Å²) in [5, 5.41) is 16.6. The summed E-state index contributed by atoms with van der Waals surface area (Å²) in [5.41, 5.74) is 6.23. The Kier molecular flexibility index (Phi) is 10.8. The van der Waals surface area contributed by atoms with Gasteiger partial charge < -0.3 is 20.7 Å². The molecule has 1 saturated heterocycles. The van der Waals surface area contributed by atoms with E-state index in [1.54, 1.807) is 38.2 Å². The highest BCUT2D eigenvalue weighted by Gasteiger charge is 2.62. The molecule has 0 spiro atoms. The van der Waals surface area contributed by atoms with Gasteiger partial charge in [-0.05, 0) is 37.0 Å². The first-order valence-electron chi connectivity index (χ1n) is 12.6. The number of fused-ring (bicyclic) bond motifs is 2. The largest absolute Gasteiger partial charge is 0.470 e. The topological polar surface area (TPSA) is 156 Å². The molecule has 2 aromatic heterocycles. The van der Waals surface area contributed by atoms with Crippen molar-refractivity contribution >= 4 is 29.1 Å². The van der Waals surface area contributed by atoms with Crippen LogP contribution in [0.25, 0.3) is 10.9 Å². The molecule has 3 amide bonds. The SMILES string of the molecule is CC#Cc1nn(C)c2cncc(C(C#N)NC=O)c12.CO[C@H](C)CC(=O)N1CC2C(C1)C2(C)C.NC(=O)C(F)(F)F. The Morgan fingerprint density at radius 2 is 1.90 bits per heavy atom. The number of likely N-dealkylation sites (tertiary alicyclic amines) is 1. The lowest BCUT2D eigenvalue weighted by molar-refractivity contribution is -0.169. The number of aryl methyl sites for hydroxylation is 1. The van der Waals surface area contributed by atoms with E-state index < -0.39 is 18.1 Å². The van der Waals surface area contributed by atoms with Crippen LogP contribution in [0.15, 0.2) is 12.4 Å². The summed E-state index contributed by atoms with van der Waals surface area (Å²) >= 11 is 0. The molecule has 0 radical (unpaired) electrons. The number of rotatable bonds is 6. The van der Waals surface area contributed by atoms with Crippen LogP contribution in [0.5, 0.6) is 0 Å². The number of aromatic nitrogens is 3. The average molecular weight is 578 g/mol. The highest BCUT2D eigenvalue weighted by atomic mass is 19.4. The van der Waals surface area contributed by atoms with Crippen molar-refractivity contribution in [1.82, 2.24) is 25.0 Å². The normalized spacial score (nSPS) is 19.5. The number of nitriles is 1. The third-order valence-electron chi connectivity index (χ3n) is 7.33. The highest BCUT2D eigenvalue weighted by molar-refractivity contribution is 5.88. The molecule has 3 heterocycles. The van der Waals surface area contributed by atoms with E-state index in [0.29, 0.717) is 29.5 Å². The van der Waals surface area contributed by atoms with Gasteiger partial charge in [-0.3, -0.25) is 24.0 Å². The summed E-state index contributed by atoms with van der Waals surface area (Å²) in [6.45, 7) is 10.2. The fourth-order valence-electron chi connectivity index (χ4n) is 4.71. The van der Waals surface area contributed by atoms with Gasteiger partial charge in [0.25, 0.3) is 0 Å². The standard InChI is InChI=1S/C13H11N5O.C12H21NO2.C2H2F3NO/c1-3-4-10-13-9(11(5-14)16-8-19)6-15-7-12(13)18(2)17-10;1-8(15-4)5-11(14)13-6-9-10(7-13)12(9,2)3;3-2(4,5)1(6)7/h6-8,11H,1-2H3,(H,16,19);8-10H,5-7H2,1-4H3;(H2,6,7)/t;8-,9?,10?;/m.1./s1. The van der Waals surface area contributed by atoms with Gasteiger partial charge in [-0.1, -0.05) is 19.8 Å². The van der Waals surface area contributed by atoms with Crippen molar-refractivity contribution < 1.29 is 32.3 Å². The molecule has 3 N–H and O–H groups in total. The van der Waals surface area contributed by atoms with Gasteiger partial charge in [-0.25, -0.2) is 0 Å². The molecule has 2 aliphatic rings. The van der Waals surface area contributed by atoms with Gasteiger partial charge >= 0.3 is 12.1 Å². The molecule has 3 unspecified atom stereocenters. The summed E-state index contributed by atoms with van der Waals surface area (Å²) in [5.74, 6) is 5.18. The first kappa shape index (κ1) is 33.0. The maximum atomic E-state index is 11.8. The Hall–Kier alpha value is -4.17. The van der Waals surface area contributed by atoms with Crippen molar-refractivity contribution in [1.29, 1.82) is 5.26 Å². The van der Waals surface area contributed by atoms with Crippen LogP contribution in [0.3, 0.4) is 0 Å². The molecule has 41 heavy (non-hydrogen) atoms. The Balaban J connectivity index is 0.000000238. The van der Waals surface area contributed by atoms with Crippen LogP contribution in [-0.4, -0.2) is 70.4 Å². The first-order chi connectivity index (χ1) is 19.1. The number of amides is 3. The van der Waals surface area contributed by atoms with E-state index >= 15 is 0 Å². The fraction of sp³-hybridized carbons (Fsp3) is 0.556. The number of alkyl halides is 3. The number of hydrogen-bond donors (Lipinski definition) is 2. The zero-order chi connectivity index (χ0) is 31.1. The van der Waals surface area contributed by atoms with Gasteiger partial charge in [-0.2, -0.15) is 23.5 Å². The molecule has 1 saturated carbocycles. The highest BCUT2D eigenvalue weighted by Crippen LogP contribution is 2.61. The minimum absolute atomic E-state index is 0.0439. The third kappa shape index (κ3) is 7.95. The summed E-state index contributed by atoms with van der Waals surface area (Å²) in [4.78, 5) is 37.6. The number of nitrogens with zero attached hydrogens (tertiary/aromatic N) is 5. The van der Waals surface area contributed by atoms with Crippen LogP contribution >= 0.6 is 0 Å². The molecule has 1 aliphatic heterocycles. The molecule has 0 aromatic carbocycles. The van der Waals surface area contributed by atoms with E-state index in [9.17, 15) is 22.8 Å².